The van der Waals surface area contributed by atoms with Crippen molar-refractivity contribution in [3.63, 3.8) is 0 Å². The van der Waals surface area contributed by atoms with Gasteiger partial charge in [-0.25, -0.2) is 4.79 Å². The van der Waals surface area contributed by atoms with Gasteiger partial charge in [0.2, 0.25) is 0 Å². The zero-order chi connectivity index (χ0) is 16.7. The average Bonchev–Trinajstić information content (AvgIpc) is 2.88. The lowest BCUT2D eigenvalue weighted by atomic mass is 9.98. The largest absolute Gasteiger partial charge is 0.408 e. The number of amides is 2. The normalized spacial score (nSPS) is 22.6. The van der Waals surface area contributed by atoms with E-state index >= 15 is 0 Å². The highest BCUT2D eigenvalue weighted by atomic mass is 19.4. The first-order valence-corrected chi connectivity index (χ1v) is 8.38. The molecule has 0 radical (unpaired) electrons. The van der Waals surface area contributed by atoms with Crippen LogP contribution in [-0.4, -0.2) is 62.5 Å². The molecule has 2 rings (SSSR count). The molecular formula is C15H26F3N3O2. The molecule has 0 spiro atoms. The van der Waals surface area contributed by atoms with Crippen molar-refractivity contribution in [3.05, 3.63) is 0 Å². The van der Waals surface area contributed by atoms with Gasteiger partial charge < -0.3 is 15.4 Å². The molecule has 2 aliphatic rings. The first kappa shape index (κ1) is 18.3. The van der Waals surface area contributed by atoms with E-state index in [1.807, 2.05) is 0 Å². The number of urea groups is 1. The maximum atomic E-state index is 13.1. The molecule has 0 aromatic heterocycles. The number of nitrogens with one attached hydrogen (secondary N) is 2. The van der Waals surface area contributed by atoms with Crippen molar-refractivity contribution in [2.45, 2.75) is 44.3 Å². The van der Waals surface area contributed by atoms with Crippen LogP contribution in [0.15, 0.2) is 0 Å². The first-order chi connectivity index (χ1) is 11.0. The smallest absolute Gasteiger partial charge is 0.380 e. The summed E-state index contributed by atoms with van der Waals surface area (Å²) >= 11 is 0. The van der Waals surface area contributed by atoms with E-state index in [0.717, 1.165) is 39.0 Å². The summed E-state index contributed by atoms with van der Waals surface area (Å²) in [5.41, 5.74) is 0. The number of hydrogen-bond donors (Lipinski definition) is 2. The van der Waals surface area contributed by atoms with Crippen LogP contribution in [0.4, 0.5) is 18.0 Å². The van der Waals surface area contributed by atoms with Crippen molar-refractivity contribution < 1.29 is 22.7 Å². The van der Waals surface area contributed by atoms with E-state index in [9.17, 15) is 18.0 Å². The Hall–Kier alpha value is -1.02. The molecule has 2 amide bonds. The highest BCUT2D eigenvalue weighted by Crippen LogP contribution is 2.35. The third kappa shape index (κ3) is 6.18. The van der Waals surface area contributed by atoms with E-state index in [0.29, 0.717) is 32.5 Å². The Morgan fingerprint density at radius 1 is 1.17 bits per heavy atom. The predicted molar refractivity (Wildman–Crippen MR) is 80.2 cm³/mol. The Labute approximate surface area is 134 Å². The minimum absolute atomic E-state index is 0.334. The second-order valence-electron chi connectivity index (χ2n) is 6.27. The number of carbonyl (C=O) groups is 1. The fraction of sp³-hybridized carbons (Fsp3) is 0.933. The van der Waals surface area contributed by atoms with Gasteiger partial charge in [-0.1, -0.05) is 12.8 Å². The molecular weight excluding hydrogens is 311 g/mol. The molecule has 2 N–H and O–H groups in total. The number of ether oxygens (including phenoxy) is 1. The summed E-state index contributed by atoms with van der Waals surface area (Å²) in [7, 11) is 0. The molecule has 0 bridgehead atoms. The van der Waals surface area contributed by atoms with Crippen LogP contribution in [0.3, 0.4) is 0 Å². The lowest BCUT2D eigenvalue weighted by molar-refractivity contribution is -0.164. The lowest BCUT2D eigenvalue weighted by Crippen LogP contribution is -2.53. The molecule has 5 nitrogen and oxygen atoms in total. The topological polar surface area (TPSA) is 53.6 Å². The second kappa shape index (κ2) is 8.73. The van der Waals surface area contributed by atoms with E-state index in [1.165, 1.54) is 0 Å². The molecule has 134 valence electrons. The molecule has 1 saturated heterocycles. The van der Waals surface area contributed by atoms with Crippen LogP contribution in [0.5, 0.6) is 0 Å². The van der Waals surface area contributed by atoms with E-state index in [1.54, 1.807) is 0 Å². The molecule has 0 aromatic rings. The third-order valence-corrected chi connectivity index (χ3v) is 4.54. The van der Waals surface area contributed by atoms with Gasteiger partial charge in [0, 0.05) is 32.8 Å². The molecule has 1 unspecified atom stereocenters. The van der Waals surface area contributed by atoms with Gasteiger partial charge in [0.05, 0.1) is 6.61 Å². The third-order valence-electron chi connectivity index (χ3n) is 4.54. The van der Waals surface area contributed by atoms with Gasteiger partial charge in [-0.3, -0.25) is 4.90 Å². The van der Waals surface area contributed by atoms with Crippen molar-refractivity contribution in [3.8, 4) is 0 Å². The zero-order valence-electron chi connectivity index (χ0n) is 13.3. The number of hydrogen-bond acceptors (Lipinski definition) is 3. The second-order valence-corrected chi connectivity index (χ2v) is 6.27. The van der Waals surface area contributed by atoms with E-state index in [4.69, 9.17) is 4.74 Å². The van der Waals surface area contributed by atoms with Gasteiger partial charge in [-0.2, -0.15) is 13.2 Å². The Kier molecular flexibility index (Phi) is 6.95. The summed E-state index contributed by atoms with van der Waals surface area (Å²) in [6.07, 6.45) is -0.801. The van der Waals surface area contributed by atoms with Crippen molar-refractivity contribution >= 4 is 6.03 Å². The van der Waals surface area contributed by atoms with Gasteiger partial charge >= 0.3 is 12.2 Å². The molecule has 23 heavy (non-hydrogen) atoms. The van der Waals surface area contributed by atoms with Crippen LogP contribution in [-0.2, 0) is 4.74 Å². The molecule has 0 aromatic carbocycles. The fourth-order valence-electron chi connectivity index (χ4n) is 3.30. The lowest BCUT2D eigenvalue weighted by Gasteiger charge is -2.27. The van der Waals surface area contributed by atoms with E-state index in [2.05, 4.69) is 15.5 Å². The number of carbonyl (C=O) groups excluding carboxylic acids is 1. The maximum Gasteiger partial charge on any atom is 0.408 e. The number of rotatable bonds is 5. The van der Waals surface area contributed by atoms with Crippen LogP contribution < -0.4 is 10.6 Å². The minimum atomic E-state index is -4.39. The SMILES string of the molecule is O=C(NCCN1CCCOCC1)NC(C1CCCC1)C(F)(F)F. The average molecular weight is 337 g/mol. The molecule has 1 atom stereocenters. The summed E-state index contributed by atoms with van der Waals surface area (Å²) in [6, 6.07) is -2.47. The molecule has 8 heteroatoms. The minimum Gasteiger partial charge on any atom is -0.380 e. The van der Waals surface area contributed by atoms with E-state index in [-0.39, 0.29) is 0 Å². The van der Waals surface area contributed by atoms with Crippen LogP contribution in [0.1, 0.15) is 32.1 Å². The zero-order valence-corrected chi connectivity index (χ0v) is 13.3. The van der Waals surface area contributed by atoms with Gasteiger partial charge in [-0.05, 0) is 25.2 Å². The quantitative estimate of drug-likeness (QED) is 0.808. The summed E-state index contributed by atoms with van der Waals surface area (Å²) in [5, 5.41) is 4.67. The molecule has 2 fully saturated rings. The number of alkyl halides is 3. The predicted octanol–water partition coefficient (Wildman–Crippen LogP) is 2.13. The highest BCUT2D eigenvalue weighted by molar-refractivity contribution is 5.74. The first-order valence-electron chi connectivity index (χ1n) is 8.38. The van der Waals surface area contributed by atoms with Gasteiger partial charge in [0.25, 0.3) is 0 Å². The monoisotopic (exact) mass is 337 g/mol. The molecule has 1 heterocycles. The fourth-order valence-corrected chi connectivity index (χ4v) is 3.30. The number of halogens is 3. The van der Waals surface area contributed by atoms with Crippen molar-refractivity contribution in [1.29, 1.82) is 0 Å². The standard InChI is InChI=1S/C15H26F3N3O2/c16-15(17,18)13(12-4-1-2-5-12)20-14(22)19-6-8-21-7-3-10-23-11-9-21/h12-13H,1-11H2,(H2,19,20,22). The summed E-state index contributed by atoms with van der Waals surface area (Å²) in [4.78, 5) is 13.9. The number of nitrogens with zero attached hydrogens (tertiary/aromatic N) is 1. The Morgan fingerprint density at radius 3 is 2.61 bits per heavy atom. The molecule has 1 aliphatic carbocycles. The van der Waals surface area contributed by atoms with Crippen LogP contribution in [0.25, 0.3) is 0 Å². The maximum absolute atomic E-state index is 13.1. The van der Waals surface area contributed by atoms with Crippen molar-refractivity contribution in [1.82, 2.24) is 15.5 Å². The van der Waals surface area contributed by atoms with Crippen LogP contribution in [0.2, 0.25) is 0 Å². The van der Waals surface area contributed by atoms with Crippen molar-refractivity contribution in [2.75, 3.05) is 39.4 Å². The Balaban J connectivity index is 1.73. The van der Waals surface area contributed by atoms with E-state index < -0.39 is 24.2 Å². The summed E-state index contributed by atoms with van der Waals surface area (Å²) < 4.78 is 44.7. The summed E-state index contributed by atoms with van der Waals surface area (Å²) in [5.74, 6) is -0.497. The van der Waals surface area contributed by atoms with Crippen molar-refractivity contribution in [2.24, 2.45) is 5.92 Å². The Bertz CT molecular complexity index is 365. The molecule has 1 saturated carbocycles. The van der Waals surface area contributed by atoms with Gasteiger partial charge in [0.15, 0.2) is 0 Å². The Morgan fingerprint density at radius 2 is 1.91 bits per heavy atom. The van der Waals surface area contributed by atoms with Gasteiger partial charge in [0.1, 0.15) is 6.04 Å². The van der Waals surface area contributed by atoms with Gasteiger partial charge in [-0.15, -0.1) is 0 Å². The highest BCUT2D eigenvalue weighted by Gasteiger charge is 2.46. The summed E-state index contributed by atoms with van der Waals surface area (Å²) in [6.45, 7) is 4.02. The molecule has 1 aliphatic heterocycles. The van der Waals surface area contributed by atoms with Crippen LogP contribution >= 0.6 is 0 Å². The van der Waals surface area contributed by atoms with Crippen LogP contribution in [0, 0.1) is 5.92 Å².